The topological polar surface area (TPSA) is 77.2 Å². The number of anilines is 1. The van der Waals surface area contributed by atoms with E-state index >= 15 is 0 Å². The largest absolute Gasteiger partial charge is 0.480 e. The molecule has 0 saturated heterocycles. The van der Waals surface area contributed by atoms with Gasteiger partial charge in [0.1, 0.15) is 0 Å². The van der Waals surface area contributed by atoms with E-state index in [0.717, 1.165) is 5.56 Å². The number of nitrogens with two attached hydrogens (primary N) is 1. The summed E-state index contributed by atoms with van der Waals surface area (Å²) in [5.74, 6) is 0.255. The minimum atomic E-state index is -0.242. The van der Waals surface area contributed by atoms with Crippen molar-refractivity contribution in [2.75, 3.05) is 12.3 Å². The van der Waals surface area contributed by atoms with Crippen molar-refractivity contribution in [3.05, 3.63) is 53.2 Å². The lowest BCUT2D eigenvalue weighted by molar-refractivity contribution is -0.123. The number of carbonyl (C=O) groups is 1. The van der Waals surface area contributed by atoms with Crippen molar-refractivity contribution in [3.8, 4) is 5.75 Å². The van der Waals surface area contributed by atoms with E-state index in [-0.39, 0.29) is 18.3 Å². The second kappa shape index (κ2) is 6.77. The highest BCUT2D eigenvalue weighted by Gasteiger charge is 2.06. The smallest absolute Gasteiger partial charge is 0.258 e. The van der Waals surface area contributed by atoms with Crippen LogP contribution in [0.2, 0.25) is 5.02 Å². The molecule has 0 aliphatic heterocycles. The minimum absolute atomic E-state index is 0.140. The predicted octanol–water partition coefficient (Wildman–Crippen LogP) is 2.01. The third-order valence-electron chi connectivity index (χ3n) is 2.54. The van der Waals surface area contributed by atoms with Crippen molar-refractivity contribution >= 4 is 23.3 Å². The molecule has 2 rings (SSSR count). The van der Waals surface area contributed by atoms with Gasteiger partial charge in [-0.25, -0.2) is 4.98 Å². The molecule has 0 atom stereocenters. The molecule has 0 aliphatic rings. The Hall–Kier alpha value is -2.27. The number of nitrogens with one attached hydrogen (secondary N) is 1. The number of halogens is 1. The maximum Gasteiger partial charge on any atom is 0.258 e. The number of rotatable bonds is 5. The van der Waals surface area contributed by atoms with Crippen LogP contribution >= 0.6 is 11.6 Å². The first-order valence-corrected chi connectivity index (χ1v) is 6.37. The number of hydrogen-bond donors (Lipinski definition) is 2. The Morgan fingerprint density at radius 1 is 1.35 bits per heavy atom. The lowest BCUT2D eigenvalue weighted by atomic mass is 10.2. The van der Waals surface area contributed by atoms with Gasteiger partial charge in [-0.05, 0) is 5.56 Å². The maximum absolute atomic E-state index is 11.7. The van der Waals surface area contributed by atoms with Gasteiger partial charge in [0.15, 0.2) is 18.2 Å². The number of pyridine rings is 1. The van der Waals surface area contributed by atoms with Gasteiger partial charge < -0.3 is 15.8 Å². The van der Waals surface area contributed by atoms with Crippen LogP contribution < -0.4 is 15.8 Å². The van der Waals surface area contributed by atoms with Gasteiger partial charge in [-0.3, -0.25) is 4.79 Å². The molecule has 5 nitrogen and oxygen atoms in total. The summed E-state index contributed by atoms with van der Waals surface area (Å²) < 4.78 is 5.28. The molecular weight excluding hydrogens is 278 g/mol. The van der Waals surface area contributed by atoms with Gasteiger partial charge in [-0.2, -0.15) is 0 Å². The van der Waals surface area contributed by atoms with Crippen LogP contribution in [-0.4, -0.2) is 17.5 Å². The molecule has 6 heteroatoms. The van der Waals surface area contributed by atoms with Crippen LogP contribution in [0.1, 0.15) is 5.56 Å². The van der Waals surface area contributed by atoms with Crippen LogP contribution in [0.15, 0.2) is 42.6 Å². The number of nitrogen functional groups attached to an aromatic ring is 1. The lowest BCUT2D eigenvalue weighted by Gasteiger charge is -2.09. The monoisotopic (exact) mass is 291 g/mol. The van der Waals surface area contributed by atoms with Gasteiger partial charge in [-0.15, -0.1) is 0 Å². The first-order chi connectivity index (χ1) is 9.65. The molecule has 0 saturated carbocycles. The Balaban J connectivity index is 1.82. The van der Waals surface area contributed by atoms with Gasteiger partial charge in [0.25, 0.3) is 5.91 Å². The number of aromatic nitrogens is 1. The van der Waals surface area contributed by atoms with Crippen LogP contribution in [0, 0.1) is 0 Å². The number of hydrogen-bond acceptors (Lipinski definition) is 4. The molecule has 0 spiro atoms. The second-order valence-electron chi connectivity index (χ2n) is 4.09. The van der Waals surface area contributed by atoms with Crippen molar-refractivity contribution in [1.29, 1.82) is 0 Å². The van der Waals surface area contributed by atoms with E-state index in [1.807, 2.05) is 30.3 Å². The molecule has 1 amide bonds. The zero-order chi connectivity index (χ0) is 14.4. The fourth-order valence-corrected chi connectivity index (χ4v) is 1.69. The summed E-state index contributed by atoms with van der Waals surface area (Å²) in [6.45, 7) is 0.311. The van der Waals surface area contributed by atoms with E-state index < -0.39 is 0 Å². The summed E-state index contributed by atoms with van der Waals surface area (Å²) >= 11 is 5.77. The summed E-state index contributed by atoms with van der Waals surface area (Å²) in [4.78, 5) is 15.5. The highest BCUT2D eigenvalue weighted by molar-refractivity contribution is 6.30. The number of nitrogens with zero attached hydrogens (tertiary/aromatic N) is 1. The van der Waals surface area contributed by atoms with Crippen LogP contribution in [0.4, 0.5) is 5.82 Å². The lowest BCUT2D eigenvalue weighted by Crippen LogP contribution is -2.28. The van der Waals surface area contributed by atoms with E-state index in [1.165, 1.54) is 12.3 Å². The summed E-state index contributed by atoms with van der Waals surface area (Å²) in [6.07, 6.45) is 1.42. The molecule has 0 bridgehead atoms. The summed E-state index contributed by atoms with van der Waals surface area (Å²) in [7, 11) is 0. The molecule has 1 aromatic carbocycles. The maximum atomic E-state index is 11.7. The Bertz CT molecular complexity index is 590. The molecule has 0 unspecified atom stereocenters. The third-order valence-corrected chi connectivity index (χ3v) is 2.75. The molecule has 2 aromatic rings. The fourth-order valence-electron chi connectivity index (χ4n) is 1.54. The van der Waals surface area contributed by atoms with E-state index in [1.54, 1.807) is 0 Å². The molecule has 0 aliphatic carbocycles. The molecule has 0 fully saturated rings. The van der Waals surface area contributed by atoms with E-state index in [0.29, 0.717) is 17.3 Å². The van der Waals surface area contributed by atoms with Crippen molar-refractivity contribution in [2.24, 2.45) is 0 Å². The molecular formula is C14H14ClN3O2. The second-order valence-corrected chi connectivity index (χ2v) is 4.52. The highest BCUT2D eigenvalue weighted by atomic mass is 35.5. The SMILES string of the molecule is Nc1ncc(Cl)cc1OCC(=O)NCc1ccccc1. The standard InChI is InChI=1S/C14H14ClN3O2/c15-11-6-12(14(16)18-8-11)20-9-13(19)17-7-10-4-2-1-3-5-10/h1-6,8H,7,9H2,(H2,16,18)(H,17,19). The van der Waals surface area contributed by atoms with E-state index in [4.69, 9.17) is 22.1 Å². The van der Waals surface area contributed by atoms with Gasteiger partial charge in [-0.1, -0.05) is 41.9 Å². The molecule has 104 valence electrons. The number of benzene rings is 1. The fraction of sp³-hybridized carbons (Fsp3) is 0.143. The number of amides is 1. The van der Waals surface area contributed by atoms with Gasteiger partial charge in [0, 0.05) is 18.8 Å². The Kier molecular flexibility index (Phi) is 4.79. The zero-order valence-corrected chi connectivity index (χ0v) is 11.4. The molecule has 1 aromatic heterocycles. The van der Waals surface area contributed by atoms with E-state index in [9.17, 15) is 4.79 Å². The van der Waals surface area contributed by atoms with Crippen molar-refractivity contribution in [1.82, 2.24) is 10.3 Å². The number of ether oxygens (including phenoxy) is 1. The molecule has 3 N–H and O–H groups in total. The molecule has 0 radical (unpaired) electrons. The van der Waals surface area contributed by atoms with Gasteiger partial charge in [0.2, 0.25) is 0 Å². The molecule has 20 heavy (non-hydrogen) atoms. The number of carbonyl (C=O) groups excluding carboxylic acids is 1. The van der Waals surface area contributed by atoms with Crippen LogP contribution in [0.25, 0.3) is 0 Å². The third kappa shape index (κ3) is 4.13. The van der Waals surface area contributed by atoms with Crippen LogP contribution in [-0.2, 0) is 11.3 Å². The van der Waals surface area contributed by atoms with Crippen LogP contribution in [0.3, 0.4) is 0 Å². The molecule has 1 heterocycles. The summed E-state index contributed by atoms with van der Waals surface area (Å²) in [6, 6.07) is 11.1. The van der Waals surface area contributed by atoms with Crippen molar-refractivity contribution < 1.29 is 9.53 Å². The summed E-state index contributed by atoms with van der Waals surface area (Å²) in [5, 5.41) is 3.15. The Morgan fingerprint density at radius 2 is 2.10 bits per heavy atom. The predicted molar refractivity (Wildman–Crippen MR) is 77.4 cm³/mol. The van der Waals surface area contributed by atoms with Crippen molar-refractivity contribution in [3.63, 3.8) is 0 Å². The Morgan fingerprint density at radius 3 is 2.85 bits per heavy atom. The van der Waals surface area contributed by atoms with Crippen molar-refractivity contribution in [2.45, 2.75) is 6.54 Å². The first-order valence-electron chi connectivity index (χ1n) is 5.99. The van der Waals surface area contributed by atoms with Crippen LogP contribution in [0.5, 0.6) is 5.75 Å². The van der Waals surface area contributed by atoms with E-state index in [2.05, 4.69) is 10.3 Å². The summed E-state index contributed by atoms with van der Waals surface area (Å²) in [5.41, 5.74) is 6.63. The quantitative estimate of drug-likeness (QED) is 0.883. The van der Waals surface area contributed by atoms with Gasteiger partial charge in [0.05, 0.1) is 5.02 Å². The Labute approximate surface area is 121 Å². The minimum Gasteiger partial charge on any atom is -0.480 e. The average Bonchev–Trinajstić information content (AvgIpc) is 2.47. The zero-order valence-electron chi connectivity index (χ0n) is 10.7. The normalized spacial score (nSPS) is 10.1. The average molecular weight is 292 g/mol. The first kappa shape index (κ1) is 14.1. The van der Waals surface area contributed by atoms with Gasteiger partial charge >= 0.3 is 0 Å². The highest BCUT2D eigenvalue weighted by Crippen LogP contribution is 2.22.